The number of carbonyl (C=O) groups is 1. The Hall–Kier alpha value is -2.47. The van der Waals surface area contributed by atoms with Gasteiger partial charge < -0.3 is 9.64 Å². The summed E-state index contributed by atoms with van der Waals surface area (Å²) >= 11 is 0. The monoisotopic (exact) mass is 368 g/mol. The molecule has 2 aromatic rings. The van der Waals surface area contributed by atoms with Gasteiger partial charge in [-0.3, -0.25) is 9.69 Å². The zero-order valence-electron chi connectivity index (χ0n) is 16.2. The number of aromatic nitrogens is 2. The molecule has 1 aliphatic heterocycles. The van der Waals surface area contributed by atoms with Crippen molar-refractivity contribution >= 4 is 5.91 Å². The molecule has 1 aromatic heterocycles. The Morgan fingerprint density at radius 2 is 2.00 bits per heavy atom. The van der Waals surface area contributed by atoms with E-state index in [0.717, 1.165) is 42.9 Å². The fourth-order valence-corrected chi connectivity index (χ4v) is 3.33. The summed E-state index contributed by atoms with van der Waals surface area (Å²) in [7, 11) is 2.06. The molecule has 0 radical (unpaired) electrons. The molecular weight excluding hydrogens is 340 g/mol. The Morgan fingerprint density at radius 1 is 1.22 bits per heavy atom. The van der Waals surface area contributed by atoms with Crippen molar-refractivity contribution in [3.63, 3.8) is 0 Å². The number of amides is 1. The highest BCUT2D eigenvalue weighted by Gasteiger charge is 2.18. The van der Waals surface area contributed by atoms with E-state index in [4.69, 9.17) is 4.74 Å². The van der Waals surface area contributed by atoms with Crippen LogP contribution in [0, 0.1) is 0 Å². The lowest BCUT2D eigenvalue weighted by Gasteiger charge is -2.27. The SMILES string of the molecule is CC(c1ccncn1)N(C)Cc1ccccc1OCC(=O)N1CCCCC1. The van der Waals surface area contributed by atoms with E-state index in [1.165, 1.54) is 6.42 Å². The van der Waals surface area contributed by atoms with Crippen LogP contribution in [0.4, 0.5) is 0 Å². The van der Waals surface area contributed by atoms with Gasteiger partial charge in [0.15, 0.2) is 6.61 Å². The van der Waals surface area contributed by atoms with Crippen molar-refractivity contribution in [2.75, 3.05) is 26.7 Å². The molecule has 1 unspecified atom stereocenters. The van der Waals surface area contributed by atoms with Crippen LogP contribution < -0.4 is 4.74 Å². The number of ether oxygens (including phenoxy) is 1. The zero-order chi connectivity index (χ0) is 19.1. The molecule has 27 heavy (non-hydrogen) atoms. The zero-order valence-corrected chi connectivity index (χ0v) is 16.2. The van der Waals surface area contributed by atoms with E-state index in [-0.39, 0.29) is 18.6 Å². The highest BCUT2D eigenvalue weighted by Crippen LogP contribution is 2.24. The van der Waals surface area contributed by atoms with Gasteiger partial charge >= 0.3 is 0 Å². The fraction of sp³-hybridized carbons (Fsp3) is 0.476. The van der Waals surface area contributed by atoms with E-state index in [2.05, 4.69) is 28.8 Å². The third-order valence-electron chi connectivity index (χ3n) is 5.15. The van der Waals surface area contributed by atoms with E-state index in [0.29, 0.717) is 6.54 Å². The summed E-state index contributed by atoms with van der Waals surface area (Å²) in [5.74, 6) is 0.844. The van der Waals surface area contributed by atoms with Crippen LogP contribution in [-0.4, -0.2) is 52.4 Å². The fourth-order valence-electron chi connectivity index (χ4n) is 3.33. The molecule has 3 rings (SSSR count). The number of hydrogen-bond acceptors (Lipinski definition) is 5. The lowest BCUT2D eigenvalue weighted by atomic mass is 10.1. The standard InChI is InChI=1S/C21H28N4O2/c1-17(19-10-11-22-16-23-19)24(2)14-18-8-4-5-9-20(18)27-15-21(26)25-12-6-3-7-13-25/h4-5,8-11,16-17H,3,6-7,12-15H2,1-2H3. The topological polar surface area (TPSA) is 58.6 Å². The third-order valence-corrected chi connectivity index (χ3v) is 5.15. The van der Waals surface area contributed by atoms with Gasteiger partial charge in [0.25, 0.3) is 5.91 Å². The summed E-state index contributed by atoms with van der Waals surface area (Å²) in [6.45, 7) is 4.62. The number of rotatable bonds is 7. The van der Waals surface area contributed by atoms with Gasteiger partial charge in [0, 0.05) is 37.4 Å². The van der Waals surface area contributed by atoms with Crippen LogP contribution in [0.1, 0.15) is 43.5 Å². The number of likely N-dealkylation sites (tertiary alicyclic amines) is 1. The second kappa shape index (κ2) is 9.46. The number of carbonyl (C=O) groups excluding carboxylic acids is 1. The Balaban J connectivity index is 1.60. The first-order valence-electron chi connectivity index (χ1n) is 9.60. The van der Waals surface area contributed by atoms with E-state index in [1.54, 1.807) is 12.5 Å². The van der Waals surface area contributed by atoms with E-state index in [9.17, 15) is 4.79 Å². The van der Waals surface area contributed by atoms with Crippen LogP contribution in [0.5, 0.6) is 5.75 Å². The maximum absolute atomic E-state index is 12.4. The molecule has 0 aliphatic carbocycles. The normalized spacial score (nSPS) is 15.6. The first-order valence-corrected chi connectivity index (χ1v) is 9.60. The summed E-state index contributed by atoms with van der Waals surface area (Å²) in [6, 6.07) is 10.00. The molecule has 0 N–H and O–H groups in total. The van der Waals surface area contributed by atoms with Crippen molar-refractivity contribution in [3.8, 4) is 5.75 Å². The molecule has 0 spiro atoms. The summed E-state index contributed by atoms with van der Waals surface area (Å²) in [5.41, 5.74) is 2.04. The summed E-state index contributed by atoms with van der Waals surface area (Å²) < 4.78 is 5.90. The van der Waals surface area contributed by atoms with Crippen molar-refractivity contribution in [2.24, 2.45) is 0 Å². The van der Waals surface area contributed by atoms with Gasteiger partial charge in [-0.05, 0) is 45.4 Å². The molecule has 1 atom stereocenters. The second-order valence-corrected chi connectivity index (χ2v) is 7.06. The van der Waals surface area contributed by atoms with E-state index >= 15 is 0 Å². The molecule has 1 amide bonds. The van der Waals surface area contributed by atoms with Crippen LogP contribution in [0.3, 0.4) is 0 Å². The average molecular weight is 368 g/mol. The maximum atomic E-state index is 12.4. The van der Waals surface area contributed by atoms with Gasteiger partial charge in [0.05, 0.1) is 5.69 Å². The summed E-state index contributed by atoms with van der Waals surface area (Å²) in [5, 5.41) is 0. The Morgan fingerprint density at radius 3 is 2.74 bits per heavy atom. The smallest absolute Gasteiger partial charge is 0.260 e. The largest absolute Gasteiger partial charge is 0.483 e. The van der Waals surface area contributed by atoms with Crippen LogP contribution in [0.2, 0.25) is 0 Å². The second-order valence-electron chi connectivity index (χ2n) is 7.06. The third kappa shape index (κ3) is 5.26. The van der Waals surface area contributed by atoms with Crippen molar-refractivity contribution in [1.29, 1.82) is 0 Å². The predicted molar refractivity (Wildman–Crippen MR) is 104 cm³/mol. The van der Waals surface area contributed by atoms with Crippen molar-refractivity contribution in [3.05, 3.63) is 54.1 Å². The van der Waals surface area contributed by atoms with Gasteiger partial charge in [0.2, 0.25) is 0 Å². The molecule has 1 aliphatic rings. The van der Waals surface area contributed by atoms with Crippen LogP contribution >= 0.6 is 0 Å². The number of benzene rings is 1. The summed E-state index contributed by atoms with van der Waals surface area (Å²) in [4.78, 5) is 24.8. The van der Waals surface area contributed by atoms with E-state index < -0.39 is 0 Å². The molecule has 1 fully saturated rings. The Bertz CT molecular complexity index is 732. The molecule has 144 valence electrons. The van der Waals surface area contributed by atoms with Crippen LogP contribution in [-0.2, 0) is 11.3 Å². The van der Waals surface area contributed by atoms with Gasteiger partial charge in [0.1, 0.15) is 12.1 Å². The number of hydrogen-bond donors (Lipinski definition) is 0. The molecule has 2 heterocycles. The minimum Gasteiger partial charge on any atom is -0.483 e. The molecule has 0 bridgehead atoms. The minimum absolute atomic E-state index is 0.0761. The first kappa shape index (κ1) is 19.3. The molecule has 0 saturated carbocycles. The van der Waals surface area contributed by atoms with Gasteiger partial charge in [-0.15, -0.1) is 0 Å². The molecule has 6 nitrogen and oxygen atoms in total. The van der Waals surface area contributed by atoms with Crippen LogP contribution in [0.15, 0.2) is 42.9 Å². The lowest BCUT2D eigenvalue weighted by Crippen LogP contribution is -2.38. The Labute approximate surface area is 161 Å². The Kier molecular flexibility index (Phi) is 6.76. The minimum atomic E-state index is 0.0761. The molecule has 6 heteroatoms. The van der Waals surface area contributed by atoms with E-state index in [1.807, 2.05) is 35.2 Å². The highest BCUT2D eigenvalue weighted by molar-refractivity contribution is 5.77. The quantitative estimate of drug-likeness (QED) is 0.752. The number of piperidine rings is 1. The molecule has 1 saturated heterocycles. The maximum Gasteiger partial charge on any atom is 0.260 e. The highest BCUT2D eigenvalue weighted by atomic mass is 16.5. The average Bonchev–Trinajstić information content (AvgIpc) is 2.73. The van der Waals surface area contributed by atoms with Crippen molar-refractivity contribution in [1.82, 2.24) is 19.8 Å². The summed E-state index contributed by atoms with van der Waals surface area (Å²) in [6.07, 6.45) is 6.73. The van der Waals surface area contributed by atoms with Crippen molar-refractivity contribution < 1.29 is 9.53 Å². The van der Waals surface area contributed by atoms with Gasteiger partial charge in [-0.25, -0.2) is 9.97 Å². The predicted octanol–water partition coefficient (Wildman–Crippen LogP) is 3.06. The van der Waals surface area contributed by atoms with Gasteiger partial charge in [-0.2, -0.15) is 0 Å². The first-order chi connectivity index (χ1) is 13.1. The number of para-hydroxylation sites is 1. The molecular formula is C21H28N4O2. The lowest BCUT2D eigenvalue weighted by molar-refractivity contribution is -0.134. The molecule has 1 aromatic carbocycles. The van der Waals surface area contributed by atoms with Gasteiger partial charge in [-0.1, -0.05) is 18.2 Å². The van der Waals surface area contributed by atoms with Crippen LogP contribution in [0.25, 0.3) is 0 Å². The number of nitrogens with zero attached hydrogens (tertiary/aromatic N) is 4. The van der Waals surface area contributed by atoms with Crippen molar-refractivity contribution in [2.45, 2.75) is 38.8 Å².